The molecule has 0 aromatic heterocycles. The van der Waals surface area contributed by atoms with Crippen LogP contribution < -0.4 is 10.5 Å². The van der Waals surface area contributed by atoms with Crippen LogP contribution in [0.15, 0.2) is 22.7 Å². The summed E-state index contributed by atoms with van der Waals surface area (Å²) in [6.45, 7) is 2.74. The van der Waals surface area contributed by atoms with Crippen LogP contribution in [0, 0.1) is 5.41 Å². The van der Waals surface area contributed by atoms with Crippen molar-refractivity contribution in [3.63, 3.8) is 0 Å². The number of carbonyl (C=O) groups is 1. The minimum Gasteiger partial charge on any atom is -0.496 e. The Balaban J connectivity index is 2.13. The topological polar surface area (TPSA) is 61.5 Å². The highest BCUT2D eigenvalue weighted by Crippen LogP contribution is 2.31. The normalized spacial score (nSPS) is 26.4. The fraction of sp³-hybridized carbons (Fsp3) is 0.500. The summed E-state index contributed by atoms with van der Waals surface area (Å²) in [5.41, 5.74) is 6.33. The SMILES string of the molecule is COc1ccc(CC(=O)C2(C)COCC2N)cc1Br. The van der Waals surface area contributed by atoms with Crippen LogP contribution in [0.3, 0.4) is 0 Å². The number of halogens is 1. The van der Waals surface area contributed by atoms with Gasteiger partial charge in [0, 0.05) is 12.5 Å². The molecule has 4 nitrogen and oxygen atoms in total. The predicted molar refractivity (Wildman–Crippen MR) is 76.3 cm³/mol. The maximum Gasteiger partial charge on any atom is 0.147 e. The molecule has 2 unspecified atom stereocenters. The second-order valence-corrected chi connectivity index (χ2v) is 5.96. The molecule has 0 aliphatic carbocycles. The highest BCUT2D eigenvalue weighted by Gasteiger charge is 2.43. The smallest absolute Gasteiger partial charge is 0.147 e. The second kappa shape index (κ2) is 5.61. The summed E-state index contributed by atoms with van der Waals surface area (Å²) >= 11 is 3.42. The molecular weight excluding hydrogens is 310 g/mol. The average Bonchev–Trinajstić information content (AvgIpc) is 2.71. The van der Waals surface area contributed by atoms with Crippen LogP contribution in [0.25, 0.3) is 0 Å². The van der Waals surface area contributed by atoms with Crippen molar-refractivity contribution >= 4 is 21.7 Å². The molecular formula is C14H18BrNO3. The van der Waals surface area contributed by atoms with Crippen LogP contribution in [0.5, 0.6) is 5.75 Å². The number of methoxy groups -OCH3 is 1. The molecule has 1 fully saturated rings. The third kappa shape index (κ3) is 2.83. The molecule has 0 amide bonds. The summed E-state index contributed by atoms with van der Waals surface area (Å²) in [5, 5.41) is 0. The van der Waals surface area contributed by atoms with Crippen molar-refractivity contribution < 1.29 is 14.3 Å². The van der Waals surface area contributed by atoms with Gasteiger partial charge < -0.3 is 15.2 Å². The maximum absolute atomic E-state index is 12.4. The van der Waals surface area contributed by atoms with Crippen LogP contribution in [-0.4, -0.2) is 32.1 Å². The molecule has 0 bridgehead atoms. The highest BCUT2D eigenvalue weighted by molar-refractivity contribution is 9.10. The lowest BCUT2D eigenvalue weighted by molar-refractivity contribution is -0.127. The van der Waals surface area contributed by atoms with Gasteiger partial charge in [-0.3, -0.25) is 4.79 Å². The molecule has 1 aromatic carbocycles. The molecule has 19 heavy (non-hydrogen) atoms. The first-order chi connectivity index (χ1) is 8.97. The lowest BCUT2D eigenvalue weighted by Crippen LogP contribution is -2.45. The first-order valence-corrected chi connectivity index (χ1v) is 6.95. The van der Waals surface area contributed by atoms with Crippen molar-refractivity contribution in [2.75, 3.05) is 20.3 Å². The number of nitrogens with two attached hydrogens (primary N) is 1. The van der Waals surface area contributed by atoms with Gasteiger partial charge in [-0.2, -0.15) is 0 Å². The molecule has 0 spiro atoms. The molecule has 2 N–H and O–H groups in total. The molecule has 1 heterocycles. The standard InChI is InChI=1S/C14H18BrNO3/c1-14(8-19-7-12(14)16)13(17)6-9-3-4-11(18-2)10(15)5-9/h3-5,12H,6-8,16H2,1-2H3. The number of carbonyl (C=O) groups excluding carboxylic acids is 1. The van der Waals surface area contributed by atoms with Gasteiger partial charge in [0.2, 0.25) is 0 Å². The van der Waals surface area contributed by atoms with E-state index in [0.717, 1.165) is 15.8 Å². The number of ether oxygens (including phenoxy) is 2. The first kappa shape index (κ1) is 14.5. The molecule has 104 valence electrons. The van der Waals surface area contributed by atoms with E-state index in [-0.39, 0.29) is 11.8 Å². The van der Waals surface area contributed by atoms with Gasteiger partial charge in [-0.25, -0.2) is 0 Å². The molecule has 0 radical (unpaired) electrons. The van der Waals surface area contributed by atoms with E-state index < -0.39 is 5.41 Å². The molecule has 1 aromatic rings. The van der Waals surface area contributed by atoms with Crippen molar-refractivity contribution in [3.8, 4) is 5.75 Å². The molecule has 1 aliphatic heterocycles. The Morgan fingerprint density at radius 2 is 2.37 bits per heavy atom. The van der Waals surface area contributed by atoms with E-state index in [4.69, 9.17) is 15.2 Å². The predicted octanol–water partition coefficient (Wildman–Crippen LogP) is 1.93. The maximum atomic E-state index is 12.4. The largest absolute Gasteiger partial charge is 0.496 e. The number of hydrogen-bond acceptors (Lipinski definition) is 4. The van der Waals surface area contributed by atoms with Gasteiger partial charge in [-0.15, -0.1) is 0 Å². The summed E-state index contributed by atoms with van der Waals surface area (Å²) in [4.78, 5) is 12.4. The minimum atomic E-state index is -0.577. The van der Waals surface area contributed by atoms with Crippen LogP contribution in [-0.2, 0) is 16.0 Å². The first-order valence-electron chi connectivity index (χ1n) is 6.16. The molecule has 2 rings (SSSR count). The number of ketones is 1. The lowest BCUT2D eigenvalue weighted by Gasteiger charge is -2.25. The fourth-order valence-electron chi connectivity index (χ4n) is 2.18. The van der Waals surface area contributed by atoms with Gasteiger partial charge in [0.05, 0.1) is 30.2 Å². The zero-order valence-electron chi connectivity index (χ0n) is 11.1. The van der Waals surface area contributed by atoms with E-state index in [1.165, 1.54) is 0 Å². The Hall–Kier alpha value is -0.910. The Kier molecular flexibility index (Phi) is 4.28. The zero-order chi connectivity index (χ0) is 14.0. The molecule has 1 aliphatic rings. The fourth-order valence-corrected chi connectivity index (χ4v) is 2.77. The van der Waals surface area contributed by atoms with E-state index in [2.05, 4.69) is 15.9 Å². The Morgan fingerprint density at radius 1 is 1.63 bits per heavy atom. The van der Waals surface area contributed by atoms with Crippen LogP contribution in [0.1, 0.15) is 12.5 Å². The Morgan fingerprint density at radius 3 is 2.89 bits per heavy atom. The summed E-state index contributed by atoms with van der Waals surface area (Å²) in [5.74, 6) is 0.873. The summed E-state index contributed by atoms with van der Waals surface area (Å²) in [6, 6.07) is 5.43. The zero-order valence-corrected chi connectivity index (χ0v) is 12.7. The van der Waals surface area contributed by atoms with Crippen molar-refractivity contribution in [2.45, 2.75) is 19.4 Å². The molecule has 1 saturated heterocycles. The number of rotatable bonds is 4. The van der Waals surface area contributed by atoms with E-state index in [9.17, 15) is 4.79 Å². The van der Waals surface area contributed by atoms with Gasteiger partial charge in [0.15, 0.2) is 0 Å². The second-order valence-electron chi connectivity index (χ2n) is 5.11. The molecule has 5 heteroatoms. The number of hydrogen-bond donors (Lipinski definition) is 1. The average molecular weight is 328 g/mol. The lowest BCUT2D eigenvalue weighted by atomic mass is 9.79. The Bertz CT molecular complexity index is 492. The van der Waals surface area contributed by atoms with Crippen LogP contribution in [0.2, 0.25) is 0 Å². The molecule has 0 saturated carbocycles. The third-order valence-electron chi connectivity index (χ3n) is 3.74. The highest BCUT2D eigenvalue weighted by atomic mass is 79.9. The monoisotopic (exact) mass is 327 g/mol. The van der Waals surface area contributed by atoms with Gasteiger partial charge in [-0.1, -0.05) is 6.07 Å². The van der Waals surface area contributed by atoms with E-state index in [0.29, 0.717) is 19.6 Å². The molecule has 2 atom stereocenters. The quantitative estimate of drug-likeness (QED) is 0.917. The third-order valence-corrected chi connectivity index (χ3v) is 4.36. The number of Topliss-reactive ketones (excluding diaryl/α,β-unsaturated/α-hetero) is 1. The summed E-state index contributed by atoms with van der Waals surface area (Å²) < 4.78 is 11.3. The number of benzene rings is 1. The van der Waals surface area contributed by atoms with Gasteiger partial charge in [-0.05, 0) is 40.5 Å². The van der Waals surface area contributed by atoms with E-state index in [1.54, 1.807) is 7.11 Å². The van der Waals surface area contributed by atoms with Crippen molar-refractivity contribution in [2.24, 2.45) is 11.1 Å². The van der Waals surface area contributed by atoms with Gasteiger partial charge in [0.1, 0.15) is 11.5 Å². The van der Waals surface area contributed by atoms with E-state index >= 15 is 0 Å². The van der Waals surface area contributed by atoms with Crippen molar-refractivity contribution in [3.05, 3.63) is 28.2 Å². The van der Waals surface area contributed by atoms with Gasteiger partial charge >= 0.3 is 0 Å². The van der Waals surface area contributed by atoms with Gasteiger partial charge in [0.25, 0.3) is 0 Å². The van der Waals surface area contributed by atoms with E-state index in [1.807, 2.05) is 25.1 Å². The Labute approximate surface area is 121 Å². The minimum absolute atomic E-state index is 0.120. The summed E-state index contributed by atoms with van der Waals surface area (Å²) in [7, 11) is 1.61. The van der Waals surface area contributed by atoms with Crippen LogP contribution in [0.4, 0.5) is 0 Å². The summed E-state index contributed by atoms with van der Waals surface area (Å²) in [6.07, 6.45) is 0.357. The van der Waals surface area contributed by atoms with Crippen molar-refractivity contribution in [1.29, 1.82) is 0 Å². The van der Waals surface area contributed by atoms with Crippen molar-refractivity contribution in [1.82, 2.24) is 0 Å². The van der Waals surface area contributed by atoms with Crippen LogP contribution >= 0.6 is 15.9 Å².